The lowest BCUT2D eigenvalue weighted by Crippen LogP contribution is -2.30. The van der Waals surface area contributed by atoms with Gasteiger partial charge >= 0.3 is 0 Å². The Morgan fingerprint density at radius 1 is 0.328 bits per heavy atom. The quantitative estimate of drug-likeness (QED) is 0.164. The molecule has 0 saturated carbocycles. The van der Waals surface area contributed by atoms with E-state index in [1.165, 1.54) is 99.9 Å². The Labute approximate surface area is 393 Å². The van der Waals surface area contributed by atoms with Crippen molar-refractivity contribution in [2.75, 3.05) is 9.80 Å². The van der Waals surface area contributed by atoms with Gasteiger partial charge in [-0.15, -0.1) is 0 Å². The van der Waals surface area contributed by atoms with E-state index in [1.807, 2.05) is 12.3 Å². The van der Waals surface area contributed by atoms with Crippen molar-refractivity contribution in [1.29, 1.82) is 0 Å². The second-order valence-corrected chi connectivity index (χ2v) is 20.3. The molecule has 0 saturated heterocycles. The second kappa shape index (κ2) is 14.1. The van der Waals surface area contributed by atoms with Gasteiger partial charge in [0.25, 0.3) is 0 Å². The molecule has 10 aromatic rings. The molecular formula is C64H51N3. The molecule has 67 heavy (non-hydrogen) atoms. The summed E-state index contributed by atoms with van der Waals surface area (Å²) >= 11 is 0. The number of rotatable bonds is 4. The molecule has 0 amide bonds. The number of hydrogen-bond donors (Lipinski definition) is 0. The summed E-state index contributed by atoms with van der Waals surface area (Å²) in [6, 6.07) is 72.6. The average Bonchev–Trinajstić information content (AvgIpc) is 3.58. The number of nitrogens with zero attached hydrogens (tertiary/aromatic N) is 3. The van der Waals surface area contributed by atoms with Gasteiger partial charge in [-0.1, -0.05) is 169 Å². The molecule has 9 aromatic carbocycles. The van der Waals surface area contributed by atoms with Gasteiger partial charge in [-0.2, -0.15) is 0 Å². The summed E-state index contributed by atoms with van der Waals surface area (Å²) in [4.78, 5) is 10.1. The predicted molar refractivity (Wildman–Crippen MR) is 281 cm³/mol. The third-order valence-corrected chi connectivity index (χ3v) is 15.7. The van der Waals surface area contributed by atoms with Gasteiger partial charge in [0.15, 0.2) is 0 Å². The minimum Gasteiger partial charge on any atom is -0.310 e. The summed E-state index contributed by atoms with van der Waals surface area (Å²) in [7, 11) is 0. The number of aromatic nitrogens is 1. The fraction of sp³-hybridized carbons (Fsp3) is 0.141. The van der Waals surface area contributed by atoms with Crippen LogP contribution in [0.15, 0.2) is 200 Å². The Bertz CT molecular complexity index is 3590. The zero-order chi connectivity index (χ0) is 45.4. The van der Waals surface area contributed by atoms with Crippen LogP contribution in [-0.2, 0) is 16.2 Å². The van der Waals surface area contributed by atoms with Crippen LogP contribution >= 0.6 is 0 Å². The number of anilines is 6. The highest BCUT2D eigenvalue weighted by Gasteiger charge is 2.39. The van der Waals surface area contributed by atoms with Crippen LogP contribution in [0.4, 0.5) is 34.1 Å². The van der Waals surface area contributed by atoms with Crippen LogP contribution in [0.25, 0.3) is 55.1 Å². The van der Waals surface area contributed by atoms with Crippen molar-refractivity contribution in [1.82, 2.24) is 4.98 Å². The minimum absolute atomic E-state index is 0.156. The molecule has 3 heteroatoms. The highest BCUT2D eigenvalue weighted by Crippen LogP contribution is 2.56. The molecule has 322 valence electrons. The molecule has 1 aromatic heterocycles. The summed E-state index contributed by atoms with van der Waals surface area (Å²) in [5, 5.41) is 4.73. The van der Waals surface area contributed by atoms with Crippen LogP contribution in [0.2, 0.25) is 0 Å². The number of hydrogen-bond acceptors (Lipinski definition) is 3. The fourth-order valence-electron chi connectivity index (χ4n) is 12.3. The van der Waals surface area contributed by atoms with Crippen molar-refractivity contribution in [3.05, 3.63) is 234 Å². The SMILES string of the molecule is CC1(C)c2ccccc2-c2ccc(-c3c4cc(N5c6ccccc6C(C)(C)c6ccccc65)ccc4c(-c4ccccn4)c4cc(N5c6ccccc6C(C)(C)c6ccccc65)ccc34)cc21. The lowest BCUT2D eigenvalue weighted by molar-refractivity contribution is 0.632. The van der Waals surface area contributed by atoms with E-state index in [0.29, 0.717) is 0 Å². The van der Waals surface area contributed by atoms with E-state index in [2.05, 4.69) is 239 Å². The van der Waals surface area contributed by atoms with Gasteiger partial charge in [0, 0.05) is 39.4 Å². The fourth-order valence-corrected chi connectivity index (χ4v) is 12.3. The third-order valence-electron chi connectivity index (χ3n) is 15.7. The summed E-state index contributed by atoms with van der Waals surface area (Å²) in [5.41, 5.74) is 21.8. The summed E-state index contributed by atoms with van der Waals surface area (Å²) in [6.45, 7) is 14.2. The smallest absolute Gasteiger partial charge is 0.0714 e. The number of benzene rings is 9. The van der Waals surface area contributed by atoms with Crippen LogP contribution in [0.1, 0.15) is 74.9 Å². The number of para-hydroxylation sites is 4. The van der Waals surface area contributed by atoms with Crippen molar-refractivity contribution in [2.24, 2.45) is 0 Å². The molecule has 3 heterocycles. The summed E-state index contributed by atoms with van der Waals surface area (Å²) < 4.78 is 0. The predicted octanol–water partition coefficient (Wildman–Crippen LogP) is 17.2. The molecule has 0 spiro atoms. The maximum atomic E-state index is 5.14. The largest absolute Gasteiger partial charge is 0.310 e. The van der Waals surface area contributed by atoms with Crippen molar-refractivity contribution in [2.45, 2.75) is 57.8 Å². The first-order valence-corrected chi connectivity index (χ1v) is 23.7. The first-order chi connectivity index (χ1) is 32.5. The van der Waals surface area contributed by atoms with Crippen molar-refractivity contribution >= 4 is 55.7 Å². The van der Waals surface area contributed by atoms with E-state index in [4.69, 9.17) is 4.98 Å². The molecule has 0 radical (unpaired) electrons. The Kier molecular flexibility index (Phi) is 8.35. The van der Waals surface area contributed by atoms with E-state index >= 15 is 0 Å². The van der Waals surface area contributed by atoms with E-state index in [1.54, 1.807) is 0 Å². The van der Waals surface area contributed by atoms with Gasteiger partial charge in [0.1, 0.15) is 0 Å². The second-order valence-electron chi connectivity index (χ2n) is 20.3. The zero-order valence-corrected chi connectivity index (χ0v) is 38.9. The molecular weight excluding hydrogens is 811 g/mol. The molecule has 1 aliphatic carbocycles. The molecule has 3 nitrogen and oxygen atoms in total. The van der Waals surface area contributed by atoms with Gasteiger partial charge < -0.3 is 9.80 Å². The molecule has 0 atom stereocenters. The van der Waals surface area contributed by atoms with Crippen molar-refractivity contribution in [3.63, 3.8) is 0 Å². The lowest BCUT2D eigenvalue weighted by atomic mass is 9.73. The Balaban J connectivity index is 1.13. The first kappa shape index (κ1) is 39.6. The van der Waals surface area contributed by atoms with Crippen LogP contribution < -0.4 is 9.80 Å². The molecule has 0 fully saturated rings. The average molecular weight is 862 g/mol. The van der Waals surface area contributed by atoms with Crippen LogP contribution in [0, 0.1) is 0 Å². The lowest BCUT2D eigenvalue weighted by Gasteiger charge is -2.42. The molecule has 13 rings (SSSR count). The first-order valence-electron chi connectivity index (χ1n) is 23.7. The summed E-state index contributed by atoms with van der Waals surface area (Å²) in [5.74, 6) is 0. The van der Waals surface area contributed by atoms with Gasteiger partial charge in [0.2, 0.25) is 0 Å². The van der Waals surface area contributed by atoms with Crippen LogP contribution in [0.3, 0.4) is 0 Å². The minimum atomic E-state index is -0.161. The molecule has 2 aliphatic heterocycles. The van der Waals surface area contributed by atoms with E-state index in [9.17, 15) is 0 Å². The van der Waals surface area contributed by atoms with E-state index in [-0.39, 0.29) is 16.2 Å². The Morgan fingerprint density at radius 3 is 1.25 bits per heavy atom. The van der Waals surface area contributed by atoms with Crippen molar-refractivity contribution in [3.8, 4) is 33.5 Å². The van der Waals surface area contributed by atoms with Crippen LogP contribution in [0.5, 0.6) is 0 Å². The third kappa shape index (κ3) is 5.55. The maximum Gasteiger partial charge on any atom is 0.0714 e. The van der Waals surface area contributed by atoms with E-state index in [0.717, 1.165) is 22.6 Å². The summed E-state index contributed by atoms with van der Waals surface area (Å²) in [6.07, 6.45) is 1.93. The molecule has 0 N–H and O–H groups in total. The van der Waals surface area contributed by atoms with Gasteiger partial charge in [-0.3, -0.25) is 4.98 Å². The van der Waals surface area contributed by atoms with Gasteiger partial charge in [0.05, 0.1) is 28.4 Å². The number of pyridine rings is 1. The highest BCUT2D eigenvalue weighted by molar-refractivity contribution is 6.22. The topological polar surface area (TPSA) is 19.4 Å². The maximum absolute atomic E-state index is 5.14. The van der Waals surface area contributed by atoms with Crippen LogP contribution in [-0.4, -0.2) is 4.98 Å². The standard InChI is InChI=1S/C64H51N3/c1-62(2)49-20-8-7-19-43(49)44-33-30-40(37-54(44)62)60-45-34-31-42(67-58-28-15-11-23-52(58)64(5,6)53-24-12-16-29-59(53)67)39-48(45)61(55-25-17-18-36-65-55)46-35-32-41(38-47(46)60)66-56-26-13-9-21-50(56)63(3,4)51-22-10-14-27-57(51)66/h7-39H,1-6H3. The van der Waals surface area contributed by atoms with Crippen molar-refractivity contribution < 1.29 is 0 Å². The van der Waals surface area contributed by atoms with E-state index < -0.39 is 0 Å². The number of fused-ring (bicyclic) bond motifs is 9. The Morgan fingerprint density at radius 2 is 0.746 bits per heavy atom. The highest BCUT2D eigenvalue weighted by atomic mass is 15.2. The monoisotopic (exact) mass is 861 g/mol. The van der Waals surface area contributed by atoms with Gasteiger partial charge in [-0.25, -0.2) is 0 Å². The molecule has 0 bridgehead atoms. The zero-order valence-electron chi connectivity index (χ0n) is 38.9. The molecule has 3 aliphatic rings. The van der Waals surface area contributed by atoms with Gasteiger partial charge in [-0.05, 0) is 144 Å². The molecule has 0 unspecified atom stereocenters. The normalized spacial score (nSPS) is 15.6. The Hall–Kier alpha value is -7.75.